The summed E-state index contributed by atoms with van der Waals surface area (Å²) in [6.07, 6.45) is 10.7. The Balaban J connectivity index is 1.39. The predicted octanol–water partition coefficient (Wildman–Crippen LogP) is 8.02. The van der Waals surface area contributed by atoms with E-state index in [-0.39, 0.29) is 5.92 Å². The van der Waals surface area contributed by atoms with Crippen molar-refractivity contribution in [1.82, 2.24) is 0 Å². The fourth-order valence-electron chi connectivity index (χ4n) is 6.62. The molecule has 0 amide bonds. The Morgan fingerprint density at radius 2 is 1.67 bits per heavy atom. The van der Waals surface area contributed by atoms with E-state index >= 15 is 0 Å². The highest BCUT2D eigenvalue weighted by Gasteiger charge is 2.44. The van der Waals surface area contributed by atoms with Crippen LogP contribution in [0.25, 0.3) is 0 Å². The molecule has 3 saturated carbocycles. The van der Waals surface area contributed by atoms with Gasteiger partial charge >= 0.3 is 6.36 Å². The second-order valence-electron chi connectivity index (χ2n) is 9.58. The van der Waals surface area contributed by atoms with E-state index in [9.17, 15) is 17.6 Å². The van der Waals surface area contributed by atoms with E-state index in [4.69, 9.17) is 0 Å². The van der Waals surface area contributed by atoms with Crippen LogP contribution in [0.2, 0.25) is 0 Å². The van der Waals surface area contributed by atoms with Gasteiger partial charge in [0.25, 0.3) is 0 Å². The summed E-state index contributed by atoms with van der Waals surface area (Å²) in [5.41, 5.74) is 0.816. The molecule has 3 aliphatic carbocycles. The third-order valence-corrected chi connectivity index (χ3v) is 7.88. The molecular weight excluding hydrogens is 392 g/mol. The first-order chi connectivity index (χ1) is 14.3. The Morgan fingerprint density at radius 3 is 2.33 bits per heavy atom. The normalized spacial score (nSPS) is 34.4. The van der Waals surface area contributed by atoms with Gasteiger partial charge in [0.2, 0.25) is 0 Å². The Hall–Kier alpha value is -1.52. The van der Waals surface area contributed by atoms with Crippen molar-refractivity contribution >= 4 is 0 Å². The molecule has 4 rings (SSSR count). The highest BCUT2D eigenvalue weighted by atomic mass is 19.4. The van der Waals surface area contributed by atoms with Crippen LogP contribution in [-0.2, 0) is 0 Å². The average molecular weight is 425 g/mol. The minimum absolute atomic E-state index is 0.237. The molecule has 6 atom stereocenters. The number of hydrogen-bond donors (Lipinski definition) is 0. The first-order valence-electron chi connectivity index (χ1n) is 11.6. The lowest BCUT2D eigenvalue weighted by Gasteiger charge is -2.50. The van der Waals surface area contributed by atoms with E-state index < -0.39 is 17.9 Å². The third-order valence-electron chi connectivity index (χ3n) is 7.88. The van der Waals surface area contributed by atoms with Crippen molar-refractivity contribution in [3.8, 4) is 5.75 Å². The summed E-state index contributed by atoms with van der Waals surface area (Å²) in [6, 6.07) is 4.00. The molecule has 5 heteroatoms. The Labute approximate surface area is 176 Å². The van der Waals surface area contributed by atoms with Crippen LogP contribution in [0.3, 0.4) is 0 Å². The van der Waals surface area contributed by atoms with Crippen LogP contribution in [0.5, 0.6) is 5.75 Å². The minimum Gasteiger partial charge on any atom is -0.403 e. The zero-order valence-corrected chi connectivity index (χ0v) is 17.6. The molecule has 0 heterocycles. The van der Waals surface area contributed by atoms with Crippen LogP contribution in [0.4, 0.5) is 17.6 Å². The number of halogens is 4. The van der Waals surface area contributed by atoms with Gasteiger partial charge < -0.3 is 4.74 Å². The molecule has 1 aromatic rings. The van der Waals surface area contributed by atoms with E-state index in [0.29, 0.717) is 5.92 Å². The molecule has 1 nitrogen and oxygen atoms in total. The molecule has 0 aromatic heterocycles. The molecule has 3 fully saturated rings. The Kier molecular flexibility index (Phi) is 6.45. The number of fused-ring (bicyclic) bond motifs is 3. The number of hydrogen-bond acceptors (Lipinski definition) is 1. The molecule has 6 unspecified atom stereocenters. The fraction of sp³-hybridized carbons (Fsp3) is 0.680. The second-order valence-corrected chi connectivity index (χ2v) is 9.58. The van der Waals surface area contributed by atoms with Crippen LogP contribution < -0.4 is 4.74 Å². The molecular formula is C25H32F4O. The highest BCUT2D eigenvalue weighted by Crippen LogP contribution is 2.55. The third kappa shape index (κ3) is 4.86. The molecule has 0 saturated heterocycles. The zero-order valence-electron chi connectivity index (χ0n) is 17.6. The van der Waals surface area contributed by atoms with Crippen LogP contribution >= 0.6 is 0 Å². The Morgan fingerprint density at radius 1 is 0.967 bits per heavy atom. The van der Waals surface area contributed by atoms with E-state index in [1.165, 1.54) is 38.2 Å². The van der Waals surface area contributed by atoms with Gasteiger partial charge in [-0.2, -0.15) is 0 Å². The van der Waals surface area contributed by atoms with Gasteiger partial charge in [-0.3, -0.25) is 0 Å². The molecule has 0 N–H and O–H groups in total. The lowest BCUT2D eigenvalue weighted by atomic mass is 9.55. The lowest BCUT2D eigenvalue weighted by Crippen LogP contribution is -2.41. The van der Waals surface area contributed by atoms with E-state index in [1.807, 2.05) is 0 Å². The molecule has 3 aliphatic rings. The number of rotatable bonds is 4. The average Bonchev–Trinajstić information content (AvgIpc) is 2.72. The van der Waals surface area contributed by atoms with E-state index in [2.05, 4.69) is 23.8 Å². The van der Waals surface area contributed by atoms with Gasteiger partial charge in [-0.05, 0) is 111 Å². The van der Waals surface area contributed by atoms with Crippen LogP contribution in [0.1, 0.15) is 76.2 Å². The van der Waals surface area contributed by atoms with Gasteiger partial charge in [-0.25, -0.2) is 4.39 Å². The standard InChI is InChI=1S/C25H32F4O/c1-2-3-4-16-5-10-21-19(13-16)6-7-20-14-17(8-11-22(20)21)18-9-12-24(23(26)15-18)30-25(27,28)29/h3-4,9,12,15-17,19-22H,2,5-8,10-11,13-14H2,1H3. The maximum absolute atomic E-state index is 14.2. The lowest BCUT2D eigenvalue weighted by molar-refractivity contribution is -0.275. The first kappa shape index (κ1) is 21.7. The van der Waals surface area contributed by atoms with Gasteiger partial charge in [0.1, 0.15) is 0 Å². The summed E-state index contributed by atoms with van der Waals surface area (Å²) in [4.78, 5) is 0. The van der Waals surface area contributed by atoms with Crippen molar-refractivity contribution in [3.63, 3.8) is 0 Å². The number of ether oxygens (including phenoxy) is 1. The van der Waals surface area contributed by atoms with Crippen molar-refractivity contribution in [3.05, 3.63) is 41.7 Å². The predicted molar refractivity (Wildman–Crippen MR) is 110 cm³/mol. The van der Waals surface area contributed by atoms with E-state index in [1.54, 1.807) is 6.07 Å². The van der Waals surface area contributed by atoms with Crippen molar-refractivity contribution in [2.24, 2.45) is 29.6 Å². The Bertz CT molecular complexity index is 756. The molecule has 1 aromatic carbocycles. The molecule has 0 bridgehead atoms. The first-order valence-corrected chi connectivity index (χ1v) is 11.6. The van der Waals surface area contributed by atoms with Gasteiger partial charge in [0, 0.05) is 0 Å². The largest absolute Gasteiger partial charge is 0.573 e. The number of allylic oxidation sites excluding steroid dienone is 2. The minimum atomic E-state index is -4.87. The maximum Gasteiger partial charge on any atom is 0.573 e. The quantitative estimate of drug-likeness (QED) is 0.351. The summed E-state index contributed by atoms with van der Waals surface area (Å²) in [5, 5.41) is 0. The molecule has 0 spiro atoms. The summed E-state index contributed by atoms with van der Waals surface area (Å²) in [5.74, 6) is 2.44. The molecule has 0 radical (unpaired) electrons. The monoisotopic (exact) mass is 424 g/mol. The number of benzene rings is 1. The van der Waals surface area contributed by atoms with Crippen molar-refractivity contribution in [2.45, 2.75) is 77.0 Å². The maximum atomic E-state index is 14.2. The molecule has 0 aliphatic heterocycles. The van der Waals surface area contributed by atoms with Crippen LogP contribution in [0, 0.1) is 35.4 Å². The van der Waals surface area contributed by atoms with Crippen LogP contribution in [0.15, 0.2) is 30.4 Å². The summed E-state index contributed by atoms with van der Waals surface area (Å²) in [6.45, 7) is 2.19. The summed E-state index contributed by atoms with van der Waals surface area (Å²) in [7, 11) is 0. The fourth-order valence-corrected chi connectivity index (χ4v) is 6.62. The van der Waals surface area contributed by atoms with Gasteiger partial charge in [0.15, 0.2) is 11.6 Å². The topological polar surface area (TPSA) is 9.23 Å². The van der Waals surface area contributed by atoms with Crippen molar-refractivity contribution < 1.29 is 22.3 Å². The zero-order chi connectivity index (χ0) is 21.3. The van der Waals surface area contributed by atoms with Crippen molar-refractivity contribution in [2.75, 3.05) is 0 Å². The smallest absolute Gasteiger partial charge is 0.403 e. The van der Waals surface area contributed by atoms with Crippen LogP contribution in [-0.4, -0.2) is 6.36 Å². The van der Waals surface area contributed by atoms with Gasteiger partial charge in [-0.15, -0.1) is 13.2 Å². The number of alkyl halides is 3. The van der Waals surface area contributed by atoms with Gasteiger partial charge in [0.05, 0.1) is 0 Å². The summed E-state index contributed by atoms with van der Waals surface area (Å²) < 4.78 is 55.1. The summed E-state index contributed by atoms with van der Waals surface area (Å²) >= 11 is 0. The second kappa shape index (κ2) is 8.92. The molecule has 30 heavy (non-hydrogen) atoms. The molecule has 166 valence electrons. The van der Waals surface area contributed by atoms with Crippen molar-refractivity contribution in [1.29, 1.82) is 0 Å². The van der Waals surface area contributed by atoms with E-state index in [0.717, 1.165) is 61.0 Å². The van der Waals surface area contributed by atoms with Gasteiger partial charge in [-0.1, -0.05) is 25.1 Å². The highest BCUT2D eigenvalue weighted by molar-refractivity contribution is 5.32. The SMILES string of the molecule is CCC=CC1CCC2C(CCC3CC(c4ccc(OC(F)(F)F)c(F)c4)CCC32)C1.